The zero-order valence-corrected chi connectivity index (χ0v) is 14.9. The zero-order valence-electron chi connectivity index (χ0n) is 13.9. The third-order valence-corrected chi connectivity index (χ3v) is 4.30. The van der Waals surface area contributed by atoms with Gasteiger partial charge in [-0.3, -0.25) is 0 Å². The highest BCUT2D eigenvalue weighted by Crippen LogP contribution is 2.13. The number of hydrogen-bond donors (Lipinski definition) is 0. The lowest BCUT2D eigenvalue weighted by molar-refractivity contribution is 0.332. The van der Waals surface area contributed by atoms with E-state index >= 15 is 0 Å². The van der Waals surface area contributed by atoms with E-state index < -0.39 is 0 Å². The zero-order chi connectivity index (χ0) is 14.7. The lowest BCUT2D eigenvalue weighted by Crippen LogP contribution is -1.89. The molecular formula is C18H37OSi. The van der Waals surface area contributed by atoms with Crippen molar-refractivity contribution in [1.29, 1.82) is 0 Å². The molecule has 3 radical (unpaired) electrons. The monoisotopic (exact) mass is 297 g/mol. The van der Waals surface area contributed by atoms with Crippen LogP contribution in [0.25, 0.3) is 0 Å². The van der Waals surface area contributed by atoms with Crippen molar-refractivity contribution < 1.29 is 4.43 Å². The van der Waals surface area contributed by atoms with E-state index in [0.717, 1.165) is 6.61 Å². The molecule has 0 atom stereocenters. The largest absolute Gasteiger partial charge is 0.419 e. The van der Waals surface area contributed by atoms with Crippen LogP contribution in [0.4, 0.5) is 0 Å². The van der Waals surface area contributed by atoms with Crippen molar-refractivity contribution in [1.82, 2.24) is 0 Å². The van der Waals surface area contributed by atoms with Crippen LogP contribution in [0.2, 0.25) is 0 Å². The fourth-order valence-electron chi connectivity index (χ4n) is 2.72. The molecule has 0 amide bonds. The van der Waals surface area contributed by atoms with Crippen molar-refractivity contribution in [3.05, 3.63) is 0 Å². The molecule has 0 fully saturated rings. The standard InChI is InChI=1S/C18H37OSi/c1-2-3-4-5-6-7-8-9-10-11-12-13-14-15-16-17-18-19-20/h2-18H2,1H3. The van der Waals surface area contributed by atoms with Gasteiger partial charge in [-0.1, -0.05) is 103 Å². The molecule has 0 heterocycles. The normalized spacial score (nSPS) is 11.1. The van der Waals surface area contributed by atoms with Gasteiger partial charge in [0.25, 0.3) is 0 Å². The highest BCUT2D eigenvalue weighted by Gasteiger charge is 1.94. The summed E-state index contributed by atoms with van der Waals surface area (Å²) in [5, 5.41) is 0. The Morgan fingerprint density at radius 2 is 0.800 bits per heavy atom. The molecule has 0 N–H and O–H groups in total. The van der Waals surface area contributed by atoms with Crippen LogP contribution in [-0.4, -0.2) is 17.1 Å². The van der Waals surface area contributed by atoms with Gasteiger partial charge in [0.05, 0.1) is 0 Å². The first-order chi connectivity index (χ1) is 9.91. The second-order valence-corrected chi connectivity index (χ2v) is 6.44. The Balaban J connectivity index is 2.89. The summed E-state index contributed by atoms with van der Waals surface area (Å²) >= 11 is 0. The number of unbranched alkanes of at least 4 members (excludes halogenated alkanes) is 15. The number of rotatable bonds is 17. The Morgan fingerprint density at radius 1 is 0.500 bits per heavy atom. The molecule has 119 valence electrons. The molecular weight excluding hydrogens is 260 g/mol. The van der Waals surface area contributed by atoms with Crippen LogP contribution in [0.1, 0.15) is 110 Å². The Kier molecular flexibility index (Phi) is 19.3. The summed E-state index contributed by atoms with van der Waals surface area (Å²) in [6.45, 7) is 3.15. The average molecular weight is 298 g/mol. The molecule has 0 aromatic carbocycles. The molecule has 0 aliphatic rings. The lowest BCUT2D eigenvalue weighted by Gasteiger charge is -2.03. The highest BCUT2D eigenvalue weighted by atomic mass is 28.2. The maximum absolute atomic E-state index is 4.87. The van der Waals surface area contributed by atoms with Gasteiger partial charge in [0, 0.05) is 6.61 Å². The van der Waals surface area contributed by atoms with Crippen molar-refractivity contribution in [3.63, 3.8) is 0 Å². The molecule has 0 aliphatic carbocycles. The molecule has 0 aromatic heterocycles. The smallest absolute Gasteiger partial charge is 0.246 e. The minimum Gasteiger partial charge on any atom is -0.419 e. The Labute approximate surface area is 131 Å². The van der Waals surface area contributed by atoms with E-state index in [0.29, 0.717) is 0 Å². The van der Waals surface area contributed by atoms with E-state index in [2.05, 4.69) is 17.4 Å². The van der Waals surface area contributed by atoms with Crippen LogP contribution >= 0.6 is 0 Å². The van der Waals surface area contributed by atoms with Gasteiger partial charge in [-0.2, -0.15) is 0 Å². The second kappa shape index (κ2) is 19.2. The molecule has 0 bridgehead atoms. The van der Waals surface area contributed by atoms with Crippen LogP contribution in [-0.2, 0) is 4.43 Å². The molecule has 0 saturated heterocycles. The molecule has 0 saturated carbocycles. The third-order valence-electron chi connectivity index (χ3n) is 4.10. The van der Waals surface area contributed by atoms with Crippen molar-refractivity contribution in [2.45, 2.75) is 110 Å². The average Bonchev–Trinajstić information content (AvgIpc) is 2.47. The topological polar surface area (TPSA) is 9.23 Å². The first kappa shape index (κ1) is 20.2. The third kappa shape index (κ3) is 18.2. The van der Waals surface area contributed by atoms with Crippen molar-refractivity contribution in [2.24, 2.45) is 0 Å². The summed E-state index contributed by atoms with van der Waals surface area (Å²) in [5.74, 6) is 0. The summed E-state index contributed by atoms with van der Waals surface area (Å²) < 4.78 is 4.87. The van der Waals surface area contributed by atoms with Gasteiger partial charge in [0.2, 0.25) is 10.5 Å². The summed E-state index contributed by atoms with van der Waals surface area (Å²) in [6.07, 6.45) is 22.7. The first-order valence-electron chi connectivity index (χ1n) is 9.20. The Bertz CT molecular complexity index is 143. The molecule has 0 aromatic rings. The maximum Gasteiger partial charge on any atom is 0.246 e. The summed E-state index contributed by atoms with van der Waals surface area (Å²) in [7, 11) is 3.04. The number of hydrogen-bond acceptors (Lipinski definition) is 1. The molecule has 2 heteroatoms. The van der Waals surface area contributed by atoms with E-state index in [1.54, 1.807) is 0 Å². The van der Waals surface area contributed by atoms with Crippen LogP contribution in [0.3, 0.4) is 0 Å². The van der Waals surface area contributed by atoms with Gasteiger partial charge in [-0.15, -0.1) is 0 Å². The van der Waals surface area contributed by atoms with Crippen molar-refractivity contribution in [2.75, 3.05) is 6.61 Å². The predicted molar refractivity (Wildman–Crippen MR) is 91.3 cm³/mol. The second-order valence-electron chi connectivity index (χ2n) is 6.15. The fourth-order valence-corrected chi connectivity index (χ4v) is 2.87. The van der Waals surface area contributed by atoms with Crippen molar-refractivity contribution in [3.8, 4) is 0 Å². The van der Waals surface area contributed by atoms with Gasteiger partial charge in [-0.05, 0) is 6.42 Å². The molecule has 20 heavy (non-hydrogen) atoms. The lowest BCUT2D eigenvalue weighted by atomic mass is 10.0. The molecule has 0 unspecified atom stereocenters. The van der Waals surface area contributed by atoms with Crippen LogP contribution < -0.4 is 0 Å². The first-order valence-corrected chi connectivity index (χ1v) is 9.61. The van der Waals surface area contributed by atoms with Gasteiger partial charge in [0.15, 0.2) is 0 Å². The van der Waals surface area contributed by atoms with E-state index in [1.165, 1.54) is 103 Å². The molecule has 0 spiro atoms. The van der Waals surface area contributed by atoms with Crippen LogP contribution in [0.15, 0.2) is 0 Å². The van der Waals surface area contributed by atoms with E-state index in [1.807, 2.05) is 0 Å². The van der Waals surface area contributed by atoms with Crippen LogP contribution in [0, 0.1) is 0 Å². The van der Waals surface area contributed by atoms with Crippen LogP contribution in [0.5, 0.6) is 0 Å². The summed E-state index contributed by atoms with van der Waals surface area (Å²) in [5.41, 5.74) is 0. The summed E-state index contributed by atoms with van der Waals surface area (Å²) in [6, 6.07) is 0. The van der Waals surface area contributed by atoms with E-state index in [-0.39, 0.29) is 0 Å². The molecule has 0 aliphatic heterocycles. The van der Waals surface area contributed by atoms with E-state index in [4.69, 9.17) is 4.43 Å². The van der Waals surface area contributed by atoms with Gasteiger partial charge in [-0.25, -0.2) is 0 Å². The SMILES string of the molecule is CCCCCCCCCCCCCCCCCCO[Si]. The minimum atomic E-state index is 0.856. The molecule has 1 nitrogen and oxygen atoms in total. The minimum absolute atomic E-state index is 0.856. The Morgan fingerprint density at radius 3 is 1.10 bits per heavy atom. The highest BCUT2D eigenvalue weighted by molar-refractivity contribution is 5.97. The maximum atomic E-state index is 4.87. The fraction of sp³-hybridized carbons (Fsp3) is 1.00. The summed E-state index contributed by atoms with van der Waals surface area (Å²) in [4.78, 5) is 0. The van der Waals surface area contributed by atoms with Crippen molar-refractivity contribution >= 4 is 10.5 Å². The predicted octanol–water partition coefficient (Wildman–Crippen LogP) is 6.35. The van der Waals surface area contributed by atoms with Gasteiger partial charge >= 0.3 is 0 Å². The molecule has 0 rings (SSSR count). The van der Waals surface area contributed by atoms with E-state index in [9.17, 15) is 0 Å². The van der Waals surface area contributed by atoms with Gasteiger partial charge in [0.1, 0.15) is 0 Å². The van der Waals surface area contributed by atoms with Gasteiger partial charge < -0.3 is 4.43 Å². The quantitative estimate of drug-likeness (QED) is 0.224. The Hall–Kier alpha value is 0.177.